The molecule has 0 fully saturated rings. The third-order valence-corrected chi connectivity index (χ3v) is 4.75. The lowest BCUT2D eigenvalue weighted by Gasteiger charge is -2.09. The molecule has 0 aliphatic heterocycles. The van der Waals surface area contributed by atoms with Gasteiger partial charge in [-0.3, -0.25) is 9.59 Å². The molecule has 2 N–H and O–H groups in total. The lowest BCUT2D eigenvalue weighted by molar-refractivity contribution is -0.146. The number of aryl methyl sites for hydroxylation is 1. The molecule has 10 heteroatoms. The highest BCUT2D eigenvalue weighted by atomic mass is 32.2. The Morgan fingerprint density at radius 1 is 1.04 bits per heavy atom. The second-order valence-corrected chi connectivity index (χ2v) is 7.15. The number of benzene rings is 2. The van der Waals surface area contributed by atoms with E-state index in [-0.39, 0.29) is 0 Å². The first-order valence-corrected chi connectivity index (χ1v) is 9.13. The maximum atomic E-state index is 13.5. The normalized spacial score (nSPS) is 11.1. The highest BCUT2D eigenvalue weighted by Gasteiger charge is 2.24. The van der Waals surface area contributed by atoms with E-state index in [9.17, 15) is 26.8 Å². The molecule has 0 aliphatic rings. The van der Waals surface area contributed by atoms with Gasteiger partial charge in [-0.15, -0.1) is 0 Å². The van der Waals surface area contributed by atoms with E-state index in [0.717, 1.165) is 23.8 Å². The predicted molar refractivity (Wildman–Crippen MR) is 92.3 cm³/mol. The van der Waals surface area contributed by atoms with Crippen LogP contribution in [0.1, 0.15) is 5.56 Å². The zero-order valence-corrected chi connectivity index (χ0v) is 15.0. The largest absolute Gasteiger partial charge is 0.455 e. The van der Waals surface area contributed by atoms with Crippen molar-refractivity contribution in [1.82, 2.24) is 4.72 Å². The lowest BCUT2D eigenvalue weighted by Crippen LogP contribution is -2.33. The van der Waals surface area contributed by atoms with Gasteiger partial charge in [0.25, 0.3) is 5.91 Å². The third kappa shape index (κ3) is 5.83. The Labute approximate surface area is 154 Å². The quantitative estimate of drug-likeness (QED) is 0.692. The average Bonchev–Trinajstić information content (AvgIpc) is 2.60. The van der Waals surface area contributed by atoms with Gasteiger partial charge in [0.1, 0.15) is 18.2 Å². The minimum atomic E-state index is -4.61. The smallest absolute Gasteiger partial charge is 0.321 e. The number of anilines is 1. The summed E-state index contributed by atoms with van der Waals surface area (Å²) in [5.74, 6) is -4.31. The van der Waals surface area contributed by atoms with Gasteiger partial charge < -0.3 is 10.1 Å². The molecule has 0 bridgehead atoms. The number of carbonyl (C=O) groups is 2. The molecule has 0 spiro atoms. The number of esters is 1. The van der Waals surface area contributed by atoms with Gasteiger partial charge in [-0.25, -0.2) is 17.2 Å². The number of hydrogen-bond donors (Lipinski definition) is 2. The average molecular weight is 398 g/mol. The van der Waals surface area contributed by atoms with Crippen LogP contribution >= 0.6 is 0 Å². The third-order valence-electron chi connectivity index (χ3n) is 3.29. The molecule has 0 aliphatic carbocycles. The monoisotopic (exact) mass is 398 g/mol. The summed E-state index contributed by atoms with van der Waals surface area (Å²) < 4.78 is 57.2. The van der Waals surface area contributed by atoms with Crippen LogP contribution in [0.15, 0.2) is 47.4 Å². The Bertz CT molecular complexity index is 926. The number of rotatable bonds is 7. The predicted octanol–water partition coefficient (Wildman–Crippen LogP) is 1.73. The van der Waals surface area contributed by atoms with Crippen LogP contribution in [0.4, 0.5) is 14.5 Å². The summed E-state index contributed by atoms with van der Waals surface area (Å²) in [5.41, 5.74) is 1.50. The Hall–Kier alpha value is -2.85. The SMILES string of the molecule is Cc1ccc(NC(=O)COC(=O)CNS(=O)(=O)c2c(F)cccc2F)cc1. The van der Waals surface area contributed by atoms with Crippen LogP contribution in [-0.4, -0.2) is 33.4 Å². The second kappa shape index (κ2) is 8.69. The van der Waals surface area contributed by atoms with E-state index in [1.165, 1.54) is 0 Å². The molecule has 1 amide bonds. The molecular weight excluding hydrogens is 382 g/mol. The van der Waals surface area contributed by atoms with Crippen molar-refractivity contribution >= 4 is 27.6 Å². The Kier molecular flexibility index (Phi) is 6.59. The van der Waals surface area contributed by atoms with E-state index in [1.807, 2.05) is 6.92 Å². The van der Waals surface area contributed by atoms with Crippen molar-refractivity contribution < 1.29 is 31.5 Å². The van der Waals surface area contributed by atoms with Crippen LogP contribution in [0, 0.1) is 18.6 Å². The van der Waals surface area contributed by atoms with Crippen molar-refractivity contribution in [3.05, 3.63) is 59.7 Å². The summed E-state index contributed by atoms with van der Waals surface area (Å²) in [4.78, 5) is 22.1. The minimum Gasteiger partial charge on any atom is -0.455 e. The number of amides is 1. The molecule has 7 nitrogen and oxygen atoms in total. The summed E-state index contributed by atoms with van der Waals surface area (Å²) in [6, 6.07) is 9.41. The molecule has 0 heterocycles. The fraction of sp³-hybridized carbons (Fsp3) is 0.176. The number of halogens is 2. The molecule has 0 saturated heterocycles. The van der Waals surface area contributed by atoms with Gasteiger partial charge >= 0.3 is 5.97 Å². The van der Waals surface area contributed by atoms with Gasteiger partial charge in [0.2, 0.25) is 10.0 Å². The van der Waals surface area contributed by atoms with E-state index in [0.29, 0.717) is 5.69 Å². The number of nitrogens with one attached hydrogen (secondary N) is 2. The molecule has 0 atom stereocenters. The molecule has 0 aromatic heterocycles. The molecule has 144 valence electrons. The zero-order chi connectivity index (χ0) is 20.0. The Morgan fingerprint density at radius 3 is 2.22 bits per heavy atom. The fourth-order valence-electron chi connectivity index (χ4n) is 2.00. The van der Waals surface area contributed by atoms with E-state index in [2.05, 4.69) is 10.1 Å². The molecule has 2 aromatic rings. The highest BCUT2D eigenvalue weighted by Crippen LogP contribution is 2.17. The van der Waals surface area contributed by atoms with E-state index in [1.54, 1.807) is 29.0 Å². The van der Waals surface area contributed by atoms with Gasteiger partial charge in [0.05, 0.1) is 0 Å². The molecule has 0 saturated carbocycles. The van der Waals surface area contributed by atoms with Gasteiger partial charge in [0.15, 0.2) is 11.5 Å². The number of carbonyl (C=O) groups excluding carboxylic acids is 2. The van der Waals surface area contributed by atoms with Crippen molar-refractivity contribution in [2.45, 2.75) is 11.8 Å². The maximum absolute atomic E-state index is 13.5. The number of ether oxygens (including phenoxy) is 1. The van der Waals surface area contributed by atoms with Crippen LogP contribution in [0.2, 0.25) is 0 Å². The zero-order valence-electron chi connectivity index (χ0n) is 14.2. The maximum Gasteiger partial charge on any atom is 0.321 e. The van der Waals surface area contributed by atoms with E-state index >= 15 is 0 Å². The summed E-state index contributed by atoms with van der Waals surface area (Å²) >= 11 is 0. The van der Waals surface area contributed by atoms with Gasteiger partial charge in [-0.2, -0.15) is 4.72 Å². The minimum absolute atomic E-state index is 0.498. The van der Waals surface area contributed by atoms with Crippen LogP contribution in [0.3, 0.4) is 0 Å². The Balaban J connectivity index is 1.85. The standard InChI is InChI=1S/C17H16F2N2O5S/c1-11-5-7-12(8-6-11)21-15(22)10-26-16(23)9-20-27(24,25)17-13(18)3-2-4-14(17)19/h2-8,20H,9-10H2,1H3,(H,21,22). The molecule has 0 radical (unpaired) electrons. The second-order valence-electron chi connectivity index (χ2n) is 5.45. The van der Waals surface area contributed by atoms with Crippen LogP contribution in [-0.2, 0) is 24.3 Å². The summed E-state index contributed by atoms with van der Waals surface area (Å²) in [6.45, 7) is 0.331. The number of hydrogen-bond acceptors (Lipinski definition) is 5. The van der Waals surface area contributed by atoms with Crippen molar-refractivity contribution in [3.8, 4) is 0 Å². The topological polar surface area (TPSA) is 102 Å². The summed E-state index contributed by atoms with van der Waals surface area (Å²) in [5, 5.41) is 2.48. The van der Waals surface area contributed by atoms with E-state index < -0.39 is 51.6 Å². The van der Waals surface area contributed by atoms with Gasteiger partial charge in [0, 0.05) is 5.69 Å². The summed E-state index contributed by atoms with van der Waals surface area (Å²) in [6.07, 6.45) is 0. The van der Waals surface area contributed by atoms with Crippen molar-refractivity contribution in [2.75, 3.05) is 18.5 Å². The van der Waals surface area contributed by atoms with Gasteiger partial charge in [-0.05, 0) is 31.2 Å². The lowest BCUT2D eigenvalue weighted by atomic mass is 10.2. The summed E-state index contributed by atoms with van der Waals surface area (Å²) in [7, 11) is -4.61. The highest BCUT2D eigenvalue weighted by molar-refractivity contribution is 7.89. The van der Waals surface area contributed by atoms with E-state index in [4.69, 9.17) is 0 Å². The first-order valence-electron chi connectivity index (χ1n) is 7.65. The first kappa shape index (κ1) is 20.5. The van der Waals surface area contributed by atoms with Crippen molar-refractivity contribution in [2.24, 2.45) is 0 Å². The van der Waals surface area contributed by atoms with Crippen molar-refractivity contribution in [1.29, 1.82) is 0 Å². The molecule has 2 aromatic carbocycles. The molecule has 0 unspecified atom stereocenters. The molecular formula is C17H16F2N2O5S. The van der Waals surface area contributed by atoms with Crippen LogP contribution in [0.5, 0.6) is 0 Å². The van der Waals surface area contributed by atoms with Crippen molar-refractivity contribution in [3.63, 3.8) is 0 Å². The van der Waals surface area contributed by atoms with Crippen LogP contribution < -0.4 is 10.0 Å². The van der Waals surface area contributed by atoms with Gasteiger partial charge in [-0.1, -0.05) is 23.8 Å². The Morgan fingerprint density at radius 2 is 1.63 bits per heavy atom. The first-order chi connectivity index (χ1) is 12.7. The fourth-order valence-corrected chi connectivity index (χ4v) is 3.10. The van der Waals surface area contributed by atoms with Crippen LogP contribution in [0.25, 0.3) is 0 Å². The molecule has 27 heavy (non-hydrogen) atoms. The number of sulfonamides is 1. The molecule has 2 rings (SSSR count).